The van der Waals surface area contributed by atoms with Gasteiger partial charge in [-0.3, -0.25) is 4.68 Å². The van der Waals surface area contributed by atoms with Crippen LogP contribution in [0, 0.1) is 0 Å². The Hall–Kier alpha value is -3.44. The molecule has 0 amide bonds. The quantitative estimate of drug-likeness (QED) is 0.214. The minimum atomic E-state index is -2.39. The van der Waals surface area contributed by atoms with E-state index in [0.29, 0.717) is 0 Å². The predicted molar refractivity (Wildman–Crippen MR) is 128 cm³/mol. The fourth-order valence-corrected chi connectivity index (χ4v) is 7.68. The van der Waals surface area contributed by atoms with Gasteiger partial charge in [0.25, 0.3) is 8.32 Å². The van der Waals surface area contributed by atoms with E-state index < -0.39 is 8.32 Å². The van der Waals surface area contributed by atoms with Gasteiger partial charge in [0, 0.05) is 36.9 Å². The van der Waals surface area contributed by atoms with Gasteiger partial charge in [-0.05, 0) is 16.7 Å². The van der Waals surface area contributed by atoms with Crippen molar-refractivity contribution in [3.8, 4) is 0 Å². The van der Waals surface area contributed by atoms with Crippen LogP contribution in [0.4, 0.5) is 0 Å². The standard InChI is InChI=1S/C26H27N3OSi/c1-29-19-26(17-27-29)18-28-30-31(20-23-11-5-2-6-12-23,21-24-13-7-3-8-14-24)22-25-15-9-4-10-16-25/h2-19H,20-22H2,1H3/b28-18+. The molecule has 0 saturated heterocycles. The molecule has 5 heteroatoms. The second kappa shape index (κ2) is 10.0. The van der Waals surface area contributed by atoms with Crippen LogP contribution in [0.2, 0.25) is 0 Å². The molecule has 0 atom stereocenters. The Morgan fingerprint density at radius 2 is 1.23 bits per heavy atom. The van der Waals surface area contributed by atoms with E-state index in [0.717, 1.165) is 23.7 Å². The van der Waals surface area contributed by atoms with Crippen LogP contribution in [0.5, 0.6) is 0 Å². The van der Waals surface area contributed by atoms with Gasteiger partial charge in [0.1, 0.15) is 0 Å². The fraction of sp³-hybridized carbons (Fsp3) is 0.154. The predicted octanol–water partition coefficient (Wildman–Crippen LogP) is 5.06. The van der Waals surface area contributed by atoms with Crippen LogP contribution in [0.3, 0.4) is 0 Å². The molecule has 4 rings (SSSR count). The minimum Gasteiger partial charge on any atom is -0.454 e. The molecular weight excluding hydrogens is 398 g/mol. The summed E-state index contributed by atoms with van der Waals surface area (Å²) in [4.78, 5) is 0. The lowest BCUT2D eigenvalue weighted by atomic mass is 10.2. The highest BCUT2D eigenvalue weighted by molar-refractivity contribution is 6.72. The van der Waals surface area contributed by atoms with E-state index in [4.69, 9.17) is 4.53 Å². The maximum atomic E-state index is 6.53. The first-order valence-electron chi connectivity index (χ1n) is 10.5. The average Bonchev–Trinajstić information content (AvgIpc) is 3.21. The minimum absolute atomic E-state index is 0.891. The van der Waals surface area contributed by atoms with Crippen LogP contribution in [0.15, 0.2) is 109 Å². The molecule has 0 radical (unpaired) electrons. The molecule has 0 aliphatic carbocycles. The van der Waals surface area contributed by atoms with E-state index in [-0.39, 0.29) is 0 Å². The van der Waals surface area contributed by atoms with Crippen molar-refractivity contribution in [2.45, 2.75) is 18.1 Å². The largest absolute Gasteiger partial charge is 0.454 e. The second-order valence-corrected chi connectivity index (χ2v) is 11.6. The Bertz CT molecular complexity index is 994. The van der Waals surface area contributed by atoms with Gasteiger partial charge in [-0.1, -0.05) is 91.0 Å². The van der Waals surface area contributed by atoms with E-state index in [1.54, 1.807) is 17.1 Å². The van der Waals surface area contributed by atoms with Gasteiger partial charge in [-0.2, -0.15) is 5.10 Å². The summed E-state index contributed by atoms with van der Waals surface area (Å²) < 4.78 is 8.29. The molecular formula is C26H27N3OSi. The zero-order chi connectivity index (χ0) is 21.4. The van der Waals surface area contributed by atoms with Crippen LogP contribution in [-0.4, -0.2) is 24.3 Å². The van der Waals surface area contributed by atoms with E-state index in [1.807, 2.05) is 13.2 Å². The molecule has 31 heavy (non-hydrogen) atoms. The first kappa shape index (κ1) is 20.8. The fourth-order valence-electron chi connectivity index (χ4n) is 3.89. The Morgan fingerprint density at radius 3 is 1.61 bits per heavy atom. The van der Waals surface area contributed by atoms with Gasteiger partial charge < -0.3 is 4.53 Å². The normalized spacial score (nSPS) is 11.6. The van der Waals surface area contributed by atoms with Crippen molar-refractivity contribution in [3.05, 3.63) is 126 Å². The molecule has 0 fully saturated rings. The smallest absolute Gasteiger partial charge is 0.300 e. The Labute approximate surface area is 185 Å². The highest BCUT2D eigenvalue weighted by atomic mass is 28.4. The topological polar surface area (TPSA) is 39.4 Å². The van der Waals surface area contributed by atoms with Gasteiger partial charge in [0.2, 0.25) is 0 Å². The van der Waals surface area contributed by atoms with E-state index in [1.165, 1.54) is 16.7 Å². The molecule has 156 valence electrons. The molecule has 1 aromatic heterocycles. The number of rotatable bonds is 9. The van der Waals surface area contributed by atoms with Gasteiger partial charge in [-0.25, -0.2) is 0 Å². The maximum absolute atomic E-state index is 6.53. The van der Waals surface area contributed by atoms with Gasteiger partial charge >= 0.3 is 0 Å². The Kier molecular flexibility index (Phi) is 6.74. The van der Waals surface area contributed by atoms with E-state index in [2.05, 4.69) is 101 Å². The van der Waals surface area contributed by atoms with Crippen molar-refractivity contribution < 1.29 is 4.53 Å². The molecule has 0 unspecified atom stereocenters. The first-order chi connectivity index (χ1) is 15.2. The highest BCUT2D eigenvalue weighted by Crippen LogP contribution is 2.24. The number of nitrogens with zero attached hydrogens (tertiary/aromatic N) is 3. The number of hydrogen-bond acceptors (Lipinski definition) is 3. The molecule has 1 heterocycles. The lowest BCUT2D eigenvalue weighted by Crippen LogP contribution is -2.46. The average molecular weight is 426 g/mol. The lowest BCUT2D eigenvalue weighted by Gasteiger charge is -2.29. The maximum Gasteiger partial charge on any atom is 0.300 e. The van der Waals surface area contributed by atoms with Crippen molar-refractivity contribution >= 4 is 14.5 Å². The molecule has 0 aliphatic rings. The van der Waals surface area contributed by atoms with Crippen molar-refractivity contribution in [2.24, 2.45) is 12.2 Å². The van der Waals surface area contributed by atoms with Gasteiger partial charge in [-0.15, -0.1) is 5.16 Å². The summed E-state index contributed by atoms with van der Waals surface area (Å²) in [7, 11) is -0.490. The second-order valence-electron chi connectivity index (χ2n) is 7.94. The summed E-state index contributed by atoms with van der Waals surface area (Å²) >= 11 is 0. The van der Waals surface area contributed by atoms with Crippen molar-refractivity contribution in [2.75, 3.05) is 0 Å². The summed E-state index contributed by atoms with van der Waals surface area (Å²) in [5, 5.41) is 8.72. The summed E-state index contributed by atoms with van der Waals surface area (Å²) in [5.74, 6) is 0. The van der Waals surface area contributed by atoms with Crippen LogP contribution >= 0.6 is 0 Å². The van der Waals surface area contributed by atoms with Crippen molar-refractivity contribution in [1.29, 1.82) is 0 Å². The summed E-state index contributed by atoms with van der Waals surface area (Å²) in [5.41, 5.74) is 4.80. The third kappa shape index (κ3) is 6.02. The van der Waals surface area contributed by atoms with Crippen LogP contribution in [0.1, 0.15) is 22.3 Å². The number of hydrogen-bond donors (Lipinski definition) is 0. The Morgan fingerprint density at radius 1 is 0.774 bits per heavy atom. The number of benzene rings is 3. The Balaban J connectivity index is 1.68. The number of aromatic nitrogens is 2. The lowest BCUT2D eigenvalue weighted by molar-refractivity contribution is 0.319. The molecule has 0 spiro atoms. The molecule has 0 aliphatic heterocycles. The molecule has 0 N–H and O–H groups in total. The van der Waals surface area contributed by atoms with Gasteiger partial charge in [0.05, 0.1) is 12.4 Å². The number of aryl methyl sites for hydroxylation is 1. The zero-order valence-corrected chi connectivity index (χ0v) is 18.8. The summed E-state index contributed by atoms with van der Waals surface area (Å²) in [6.07, 6.45) is 5.50. The molecule has 0 saturated carbocycles. The molecule has 4 aromatic rings. The highest BCUT2D eigenvalue weighted by Gasteiger charge is 2.39. The van der Waals surface area contributed by atoms with Crippen LogP contribution in [0.25, 0.3) is 0 Å². The number of oxime groups is 1. The summed E-state index contributed by atoms with van der Waals surface area (Å²) in [6.45, 7) is 0. The molecule has 4 nitrogen and oxygen atoms in total. The monoisotopic (exact) mass is 425 g/mol. The van der Waals surface area contributed by atoms with Crippen LogP contribution in [-0.2, 0) is 29.7 Å². The zero-order valence-electron chi connectivity index (χ0n) is 17.8. The van der Waals surface area contributed by atoms with E-state index in [9.17, 15) is 0 Å². The third-order valence-electron chi connectivity index (χ3n) is 5.28. The SMILES string of the molecule is Cn1cc(/C=N/O[Si](Cc2ccccc2)(Cc2ccccc2)Cc2ccccc2)cn1. The summed E-state index contributed by atoms with van der Waals surface area (Å²) in [6, 6.07) is 34.5. The molecule has 3 aromatic carbocycles. The first-order valence-corrected chi connectivity index (χ1v) is 13.1. The van der Waals surface area contributed by atoms with Crippen molar-refractivity contribution in [3.63, 3.8) is 0 Å². The van der Waals surface area contributed by atoms with Crippen molar-refractivity contribution in [1.82, 2.24) is 9.78 Å². The van der Waals surface area contributed by atoms with Crippen LogP contribution < -0.4 is 0 Å². The third-order valence-corrected chi connectivity index (χ3v) is 8.93. The molecule has 0 bridgehead atoms. The van der Waals surface area contributed by atoms with Gasteiger partial charge in [0.15, 0.2) is 0 Å². The van der Waals surface area contributed by atoms with E-state index >= 15 is 0 Å².